The fourth-order valence-corrected chi connectivity index (χ4v) is 3.31. The van der Waals surface area contributed by atoms with Crippen LogP contribution in [0.15, 0.2) is 36.4 Å². The lowest BCUT2D eigenvalue weighted by atomic mass is 9.92. The van der Waals surface area contributed by atoms with Gasteiger partial charge in [-0.2, -0.15) is 0 Å². The van der Waals surface area contributed by atoms with Gasteiger partial charge in [-0.15, -0.1) is 10.2 Å². The Morgan fingerprint density at radius 2 is 2.09 bits per heavy atom. The minimum Gasteiger partial charge on any atom is -0.476 e. The smallest absolute Gasteiger partial charge is 0.356 e. The molecule has 0 bridgehead atoms. The number of fused-ring (bicyclic) bond motifs is 2. The average Bonchev–Trinajstić information content (AvgIpc) is 3.14. The SMILES string of the molecule is O=C(O)c1ccc(N2CCC3(C2)OCc2ccccc23)nn1. The largest absolute Gasteiger partial charge is 0.476 e. The molecule has 112 valence electrons. The number of rotatable bonds is 2. The second-order valence-corrected chi connectivity index (χ2v) is 5.69. The van der Waals surface area contributed by atoms with Crippen molar-refractivity contribution in [3.8, 4) is 0 Å². The van der Waals surface area contributed by atoms with E-state index >= 15 is 0 Å². The second-order valence-electron chi connectivity index (χ2n) is 5.69. The molecule has 2 aromatic rings. The van der Waals surface area contributed by atoms with E-state index in [-0.39, 0.29) is 11.3 Å². The molecule has 1 spiro atoms. The summed E-state index contributed by atoms with van der Waals surface area (Å²) in [6, 6.07) is 11.5. The van der Waals surface area contributed by atoms with Crippen LogP contribution in [0.1, 0.15) is 28.0 Å². The van der Waals surface area contributed by atoms with E-state index in [0.29, 0.717) is 19.0 Å². The van der Waals surface area contributed by atoms with Crippen molar-refractivity contribution in [2.45, 2.75) is 18.6 Å². The lowest BCUT2D eigenvalue weighted by Gasteiger charge is -2.25. The molecule has 2 aliphatic heterocycles. The molecule has 0 aliphatic carbocycles. The molecule has 1 fully saturated rings. The number of carboxylic acids is 1. The van der Waals surface area contributed by atoms with Gasteiger partial charge in [-0.05, 0) is 29.7 Å². The predicted molar refractivity (Wildman–Crippen MR) is 78.7 cm³/mol. The maximum atomic E-state index is 10.8. The van der Waals surface area contributed by atoms with Gasteiger partial charge in [0.15, 0.2) is 11.5 Å². The molecule has 1 N–H and O–H groups in total. The van der Waals surface area contributed by atoms with E-state index in [1.807, 2.05) is 12.1 Å². The van der Waals surface area contributed by atoms with Crippen LogP contribution in [0, 0.1) is 0 Å². The number of hydrogen-bond donors (Lipinski definition) is 1. The zero-order valence-corrected chi connectivity index (χ0v) is 11.9. The molecule has 1 saturated heterocycles. The van der Waals surface area contributed by atoms with Crippen LogP contribution in [0.3, 0.4) is 0 Å². The van der Waals surface area contributed by atoms with Gasteiger partial charge in [-0.3, -0.25) is 0 Å². The molecule has 22 heavy (non-hydrogen) atoms. The first-order valence-corrected chi connectivity index (χ1v) is 7.22. The van der Waals surface area contributed by atoms with Crippen LogP contribution < -0.4 is 4.90 Å². The molecule has 0 saturated carbocycles. The summed E-state index contributed by atoms with van der Waals surface area (Å²) >= 11 is 0. The van der Waals surface area contributed by atoms with Gasteiger partial charge in [0.25, 0.3) is 0 Å². The normalized spacial score (nSPS) is 23.0. The van der Waals surface area contributed by atoms with Crippen LogP contribution in [0.25, 0.3) is 0 Å². The number of carboxylic acid groups (broad SMARTS) is 1. The number of anilines is 1. The fraction of sp³-hybridized carbons (Fsp3) is 0.312. The molecular formula is C16H15N3O3. The molecule has 1 aromatic heterocycles. The van der Waals surface area contributed by atoms with Gasteiger partial charge >= 0.3 is 5.97 Å². The molecule has 6 heteroatoms. The quantitative estimate of drug-likeness (QED) is 0.911. The van der Waals surface area contributed by atoms with Crippen molar-refractivity contribution in [3.05, 3.63) is 53.2 Å². The molecule has 2 aliphatic rings. The zero-order chi connectivity index (χ0) is 15.2. The van der Waals surface area contributed by atoms with Crippen molar-refractivity contribution in [2.24, 2.45) is 0 Å². The lowest BCUT2D eigenvalue weighted by Crippen LogP contribution is -2.31. The Balaban J connectivity index is 1.59. The second kappa shape index (κ2) is 4.78. The minimum absolute atomic E-state index is 0.0416. The maximum Gasteiger partial charge on any atom is 0.356 e. The third-order valence-electron chi connectivity index (χ3n) is 4.44. The van der Waals surface area contributed by atoms with Gasteiger partial charge < -0.3 is 14.7 Å². The van der Waals surface area contributed by atoms with E-state index in [2.05, 4.69) is 27.2 Å². The fourth-order valence-electron chi connectivity index (χ4n) is 3.31. The number of aromatic nitrogens is 2. The van der Waals surface area contributed by atoms with E-state index in [1.165, 1.54) is 17.2 Å². The summed E-state index contributed by atoms with van der Waals surface area (Å²) < 4.78 is 6.10. The first kappa shape index (κ1) is 13.2. The van der Waals surface area contributed by atoms with E-state index in [1.54, 1.807) is 6.07 Å². The number of benzene rings is 1. The summed E-state index contributed by atoms with van der Waals surface area (Å²) in [5, 5.41) is 16.7. The highest BCUT2D eigenvalue weighted by molar-refractivity contribution is 5.85. The van der Waals surface area contributed by atoms with Crippen molar-refractivity contribution in [2.75, 3.05) is 18.0 Å². The van der Waals surface area contributed by atoms with Crippen molar-refractivity contribution >= 4 is 11.8 Å². The van der Waals surface area contributed by atoms with Crippen molar-refractivity contribution in [3.63, 3.8) is 0 Å². The van der Waals surface area contributed by atoms with Crippen LogP contribution in [0.2, 0.25) is 0 Å². The number of ether oxygens (including phenoxy) is 1. The Labute approximate surface area is 127 Å². The molecule has 0 radical (unpaired) electrons. The Morgan fingerprint density at radius 1 is 1.23 bits per heavy atom. The van der Waals surface area contributed by atoms with Crippen LogP contribution in [0.5, 0.6) is 0 Å². The minimum atomic E-state index is -1.06. The van der Waals surface area contributed by atoms with Crippen LogP contribution in [-0.2, 0) is 16.9 Å². The molecule has 0 amide bonds. The number of carbonyl (C=O) groups is 1. The van der Waals surface area contributed by atoms with E-state index in [0.717, 1.165) is 13.0 Å². The summed E-state index contributed by atoms with van der Waals surface area (Å²) in [6.45, 7) is 2.17. The summed E-state index contributed by atoms with van der Waals surface area (Å²) in [7, 11) is 0. The molecule has 1 atom stereocenters. The van der Waals surface area contributed by atoms with Gasteiger partial charge in [-0.1, -0.05) is 24.3 Å². The highest BCUT2D eigenvalue weighted by Crippen LogP contribution is 2.43. The third-order valence-corrected chi connectivity index (χ3v) is 4.44. The Bertz CT molecular complexity index is 732. The van der Waals surface area contributed by atoms with E-state index in [4.69, 9.17) is 9.84 Å². The lowest BCUT2D eigenvalue weighted by molar-refractivity contribution is -0.0205. The molecule has 1 aromatic carbocycles. The van der Waals surface area contributed by atoms with Gasteiger partial charge in [-0.25, -0.2) is 4.79 Å². The predicted octanol–water partition coefficient (Wildman–Crippen LogP) is 1.81. The van der Waals surface area contributed by atoms with Gasteiger partial charge in [0.05, 0.1) is 13.2 Å². The van der Waals surface area contributed by atoms with Crippen molar-refractivity contribution in [1.29, 1.82) is 0 Å². The van der Waals surface area contributed by atoms with Crippen LogP contribution >= 0.6 is 0 Å². The molecule has 3 heterocycles. The average molecular weight is 297 g/mol. The molecule has 1 unspecified atom stereocenters. The number of aromatic carboxylic acids is 1. The molecular weight excluding hydrogens is 282 g/mol. The first-order valence-electron chi connectivity index (χ1n) is 7.22. The Kier molecular flexibility index (Phi) is 2.87. The topological polar surface area (TPSA) is 75.5 Å². The highest BCUT2D eigenvalue weighted by Gasteiger charge is 2.45. The zero-order valence-electron chi connectivity index (χ0n) is 11.9. The number of hydrogen-bond acceptors (Lipinski definition) is 5. The maximum absolute atomic E-state index is 10.8. The van der Waals surface area contributed by atoms with Gasteiger partial charge in [0.1, 0.15) is 5.60 Å². The third kappa shape index (κ3) is 1.95. The summed E-state index contributed by atoms with van der Waals surface area (Å²) in [6.07, 6.45) is 0.895. The Morgan fingerprint density at radius 3 is 2.86 bits per heavy atom. The van der Waals surface area contributed by atoms with Crippen molar-refractivity contribution in [1.82, 2.24) is 10.2 Å². The van der Waals surface area contributed by atoms with Gasteiger partial charge in [0, 0.05) is 6.54 Å². The molecule has 4 rings (SSSR count). The van der Waals surface area contributed by atoms with E-state index < -0.39 is 5.97 Å². The van der Waals surface area contributed by atoms with Crippen LogP contribution in [-0.4, -0.2) is 34.4 Å². The number of nitrogens with zero attached hydrogens (tertiary/aromatic N) is 3. The highest BCUT2D eigenvalue weighted by atomic mass is 16.5. The van der Waals surface area contributed by atoms with Gasteiger partial charge in [0.2, 0.25) is 0 Å². The summed E-state index contributed by atoms with van der Waals surface area (Å²) in [4.78, 5) is 12.9. The molecule has 6 nitrogen and oxygen atoms in total. The monoisotopic (exact) mass is 297 g/mol. The van der Waals surface area contributed by atoms with E-state index in [9.17, 15) is 4.79 Å². The Hall–Kier alpha value is -2.47. The van der Waals surface area contributed by atoms with Crippen LogP contribution in [0.4, 0.5) is 5.82 Å². The summed E-state index contributed by atoms with van der Waals surface area (Å²) in [5.41, 5.74) is 2.19. The standard InChI is InChI=1S/C16H15N3O3/c20-15(21)13-5-6-14(18-17-13)19-8-7-16(10-19)12-4-2-1-3-11(12)9-22-16/h1-6H,7-10H2,(H,20,21). The first-order chi connectivity index (χ1) is 10.7. The summed E-state index contributed by atoms with van der Waals surface area (Å²) in [5.74, 6) is -0.375. The van der Waals surface area contributed by atoms with Crippen molar-refractivity contribution < 1.29 is 14.6 Å².